The third-order valence-electron chi connectivity index (χ3n) is 7.40. The van der Waals surface area contributed by atoms with Gasteiger partial charge in [-0.15, -0.1) is 0 Å². The second kappa shape index (κ2) is 18.0. The van der Waals surface area contributed by atoms with Crippen molar-refractivity contribution in [1.29, 1.82) is 10.5 Å². The van der Waals surface area contributed by atoms with Crippen LogP contribution < -0.4 is 15.1 Å². The Balaban J connectivity index is 0.000000244. The minimum Gasteiger partial charge on any atom is -0.315 e. The Labute approximate surface area is 331 Å². The Morgan fingerprint density at radius 1 is 0.852 bits per heavy atom. The first-order valence-corrected chi connectivity index (χ1v) is 16.7. The molecule has 0 spiro atoms. The maximum absolute atomic E-state index is 14.7. The van der Waals surface area contributed by atoms with E-state index in [1.165, 1.54) is 24.3 Å². The van der Waals surface area contributed by atoms with Gasteiger partial charge < -0.3 is 10.2 Å². The Morgan fingerprint density at radius 2 is 1.35 bits per heavy atom. The van der Waals surface area contributed by atoms with Gasteiger partial charge in [-0.25, -0.2) is 25.0 Å². The molecule has 0 radical (unpaired) electrons. The molecule has 0 aromatic heterocycles. The van der Waals surface area contributed by atoms with Crippen LogP contribution in [0, 0.1) is 54.0 Å². The fourth-order valence-electron chi connectivity index (χ4n) is 4.67. The van der Waals surface area contributed by atoms with E-state index < -0.39 is 28.7 Å². The molecule has 1 heterocycles. The molecule has 268 valence electrons. The quantitative estimate of drug-likeness (QED) is 0.122. The van der Waals surface area contributed by atoms with Crippen LogP contribution in [0.25, 0.3) is 14.5 Å². The molecule has 54 heavy (non-hydrogen) atoms. The number of thiocarbonyl (C=S) groups is 2. The summed E-state index contributed by atoms with van der Waals surface area (Å²) < 4.78 is 27.9. The summed E-state index contributed by atoms with van der Waals surface area (Å²) in [6, 6.07) is 23.1. The fraction of sp³-hybridized carbons (Fsp3) is 0.158. The molecule has 1 aliphatic rings. The average molecular weight is 797 g/mol. The summed E-state index contributed by atoms with van der Waals surface area (Å²) in [5.41, 5.74) is 0.763. The lowest BCUT2D eigenvalue weighted by molar-refractivity contribution is -0.120. The van der Waals surface area contributed by atoms with Gasteiger partial charge in [0.05, 0.1) is 57.3 Å². The average Bonchev–Trinajstić information content (AvgIpc) is 3.34. The van der Waals surface area contributed by atoms with Crippen LogP contribution in [0.5, 0.6) is 0 Å². The third kappa shape index (κ3) is 9.39. The molecule has 10 nitrogen and oxygen atoms in total. The number of carbonyl (C=O) groups is 1. The zero-order valence-corrected chi connectivity index (χ0v) is 31.9. The van der Waals surface area contributed by atoms with Gasteiger partial charge in [0.2, 0.25) is 11.4 Å². The Kier molecular flexibility index (Phi) is 14.0. The van der Waals surface area contributed by atoms with Crippen LogP contribution in [0.3, 0.4) is 0 Å². The van der Waals surface area contributed by atoms with Crippen molar-refractivity contribution >= 4 is 97.9 Å². The lowest BCUT2D eigenvalue weighted by Crippen LogP contribution is -2.44. The number of amides is 1. The number of hydrogen-bond acceptors (Lipinski definition) is 7. The van der Waals surface area contributed by atoms with E-state index in [1.807, 2.05) is 17.3 Å². The molecule has 0 saturated carbocycles. The topological polar surface area (TPSA) is 109 Å². The van der Waals surface area contributed by atoms with E-state index in [9.17, 15) is 13.6 Å². The number of halogens is 4. The molecule has 5 rings (SSSR count). The second-order valence-corrected chi connectivity index (χ2v) is 13.2. The standard InChI is InChI=1S/C19H12ClFN4OS.C11H11N3.C8H2ClFN2S/c1-19(2)17(26)24(14-9-8-13(23-3)15(20)16(14)21)18(27)25(19)12-6-4-11(10-22)5-7-12;1-11(2,13-3)14-10-6-4-9(8-12)5-7-10;1-11-5-2-3-6(12-4-13)8(10)7(5)9/h4-9H,1-2H3;4-7,14H,1-2H3;2-3H. The molecule has 1 N–H and O–H groups in total. The number of benzene rings is 4. The summed E-state index contributed by atoms with van der Waals surface area (Å²) in [5.74, 6) is -2.05. The lowest BCUT2D eigenvalue weighted by Gasteiger charge is -2.29. The summed E-state index contributed by atoms with van der Waals surface area (Å²) in [5, 5.41) is 22.1. The zero-order chi connectivity index (χ0) is 40.4. The molecule has 4 aromatic carbocycles. The predicted octanol–water partition coefficient (Wildman–Crippen LogP) is 11.2. The third-order valence-corrected chi connectivity index (χ3v) is 8.57. The first-order valence-electron chi connectivity index (χ1n) is 15.2. The summed E-state index contributed by atoms with van der Waals surface area (Å²) in [4.78, 5) is 28.8. The maximum Gasteiger partial charge on any atom is 0.299 e. The van der Waals surface area contributed by atoms with Gasteiger partial charge >= 0.3 is 0 Å². The highest BCUT2D eigenvalue weighted by atomic mass is 35.5. The van der Waals surface area contributed by atoms with Gasteiger partial charge in [-0.1, -0.05) is 35.3 Å². The number of nitriles is 2. The van der Waals surface area contributed by atoms with Crippen LogP contribution in [-0.4, -0.2) is 27.4 Å². The molecule has 1 aliphatic heterocycles. The molecular formula is C38H25Cl2F2N9OS2. The maximum atomic E-state index is 14.7. The zero-order valence-electron chi connectivity index (χ0n) is 28.7. The van der Waals surface area contributed by atoms with Crippen molar-refractivity contribution in [2.24, 2.45) is 4.99 Å². The van der Waals surface area contributed by atoms with Crippen molar-refractivity contribution in [1.82, 2.24) is 0 Å². The monoisotopic (exact) mass is 795 g/mol. The van der Waals surface area contributed by atoms with Gasteiger partial charge in [-0.2, -0.15) is 15.5 Å². The van der Waals surface area contributed by atoms with Gasteiger partial charge in [-0.3, -0.25) is 14.5 Å². The number of nitrogens with zero attached hydrogens (tertiary/aromatic N) is 8. The van der Waals surface area contributed by atoms with E-state index in [1.54, 1.807) is 81.1 Å². The second-order valence-electron chi connectivity index (χ2n) is 11.9. The fourth-order valence-corrected chi connectivity index (χ4v) is 5.69. The van der Waals surface area contributed by atoms with Crippen molar-refractivity contribution in [3.8, 4) is 12.1 Å². The van der Waals surface area contributed by atoms with Gasteiger partial charge in [-0.05, 0) is 98.9 Å². The van der Waals surface area contributed by atoms with Gasteiger partial charge in [0.25, 0.3) is 11.6 Å². The smallest absolute Gasteiger partial charge is 0.299 e. The highest BCUT2D eigenvalue weighted by Crippen LogP contribution is 2.40. The van der Waals surface area contributed by atoms with Crippen molar-refractivity contribution in [3.63, 3.8) is 0 Å². The van der Waals surface area contributed by atoms with Crippen LogP contribution in [0.2, 0.25) is 10.0 Å². The summed E-state index contributed by atoms with van der Waals surface area (Å²) in [6.45, 7) is 27.6. The van der Waals surface area contributed by atoms with E-state index in [4.69, 9.17) is 65.7 Å². The summed E-state index contributed by atoms with van der Waals surface area (Å²) in [6.07, 6.45) is 0. The first-order chi connectivity index (χ1) is 25.5. The normalized spacial score (nSPS) is 12.5. The molecule has 16 heteroatoms. The summed E-state index contributed by atoms with van der Waals surface area (Å²) in [7, 11) is 0. The Hall–Kier alpha value is -6.27. The molecule has 1 fully saturated rings. The molecular weight excluding hydrogens is 772 g/mol. The van der Waals surface area contributed by atoms with Crippen LogP contribution >= 0.6 is 47.6 Å². The number of isothiocyanates is 1. The lowest BCUT2D eigenvalue weighted by atomic mass is 10.0. The number of nitrogens with one attached hydrogen (secondary N) is 1. The molecule has 0 unspecified atom stereocenters. The van der Waals surface area contributed by atoms with Crippen LogP contribution in [0.1, 0.15) is 38.8 Å². The molecule has 1 amide bonds. The number of anilines is 3. The predicted molar refractivity (Wildman–Crippen MR) is 213 cm³/mol. The van der Waals surface area contributed by atoms with Crippen molar-refractivity contribution in [2.45, 2.75) is 38.9 Å². The van der Waals surface area contributed by atoms with Gasteiger partial charge in [0, 0.05) is 25.2 Å². The minimum absolute atomic E-state index is 0.00704. The highest BCUT2D eigenvalue weighted by molar-refractivity contribution is 7.81. The van der Waals surface area contributed by atoms with E-state index in [2.05, 4.69) is 37.1 Å². The first kappa shape index (κ1) is 42.1. The minimum atomic E-state index is -1.08. The van der Waals surface area contributed by atoms with E-state index in [-0.39, 0.29) is 37.9 Å². The molecule has 0 atom stereocenters. The number of rotatable bonds is 5. The van der Waals surface area contributed by atoms with Gasteiger partial charge in [0.1, 0.15) is 11.2 Å². The van der Waals surface area contributed by atoms with Crippen LogP contribution in [0.15, 0.2) is 77.8 Å². The van der Waals surface area contributed by atoms with Crippen LogP contribution in [-0.2, 0) is 4.79 Å². The number of hydrogen-bond donors (Lipinski definition) is 1. The summed E-state index contributed by atoms with van der Waals surface area (Å²) >= 11 is 21.2. The van der Waals surface area contributed by atoms with E-state index in [0.29, 0.717) is 16.8 Å². The SMILES string of the molecule is [C-]#[N+]C(C)(C)Nc1ccc(C#N)cc1.[C-]#[N+]c1ccc(N2C(=O)C(C)(C)N(c3ccc(C#N)cc3)C2=S)c(F)c1Cl.[C-]#[N+]c1ccc(N=C=S)c(F)c1Cl. The van der Waals surface area contributed by atoms with E-state index >= 15 is 0 Å². The van der Waals surface area contributed by atoms with Crippen LogP contribution in [0.4, 0.5) is 42.9 Å². The van der Waals surface area contributed by atoms with Crippen molar-refractivity contribution < 1.29 is 13.6 Å². The van der Waals surface area contributed by atoms with Gasteiger partial charge in [0.15, 0.2) is 16.7 Å². The largest absolute Gasteiger partial charge is 0.315 e. The highest BCUT2D eigenvalue weighted by Gasteiger charge is 2.51. The number of aliphatic imine (C=N–C) groups is 1. The van der Waals surface area contributed by atoms with Crippen molar-refractivity contribution in [3.05, 3.63) is 140 Å². The molecule has 0 aliphatic carbocycles. The Morgan fingerprint density at radius 3 is 1.83 bits per heavy atom. The van der Waals surface area contributed by atoms with E-state index in [0.717, 1.165) is 10.6 Å². The van der Waals surface area contributed by atoms with Crippen molar-refractivity contribution in [2.75, 3.05) is 15.1 Å². The molecule has 1 saturated heterocycles. The molecule has 0 bridgehead atoms. The number of carbonyl (C=O) groups excluding carboxylic acids is 1. The Bertz CT molecular complexity index is 2380. The molecule has 4 aromatic rings.